The summed E-state index contributed by atoms with van der Waals surface area (Å²) in [6.45, 7) is 0. The van der Waals surface area contributed by atoms with E-state index < -0.39 is 4.92 Å². The van der Waals surface area contributed by atoms with Gasteiger partial charge in [-0.25, -0.2) is 0 Å². The van der Waals surface area contributed by atoms with Crippen LogP contribution in [0.1, 0.15) is 5.56 Å². The van der Waals surface area contributed by atoms with Gasteiger partial charge in [-0.15, -0.1) is 0 Å². The van der Waals surface area contributed by atoms with E-state index in [1.54, 1.807) is 24.3 Å². The predicted molar refractivity (Wildman–Crippen MR) is 77.6 cm³/mol. The second-order valence-electron chi connectivity index (χ2n) is 3.85. The molecule has 0 spiro atoms. The highest BCUT2D eigenvalue weighted by atomic mass is 35.5. The number of nitro groups is 1. The fraction of sp³-hybridized carbons (Fsp3) is 0. The minimum Gasteiger partial charge on any atom is -0.354 e. The number of rotatable bonds is 3. The number of nitrogens with one attached hydrogen (secondary N) is 1. The summed E-state index contributed by atoms with van der Waals surface area (Å²) in [7, 11) is 0. The van der Waals surface area contributed by atoms with Crippen LogP contribution in [0, 0.1) is 21.4 Å². The highest BCUT2D eigenvalue weighted by Crippen LogP contribution is 2.30. The minimum absolute atomic E-state index is 0.0295. The number of anilines is 2. The van der Waals surface area contributed by atoms with Crippen molar-refractivity contribution in [2.45, 2.75) is 0 Å². The van der Waals surface area contributed by atoms with Gasteiger partial charge in [-0.2, -0.15) is 5.26 Å². The lowest BCUT2D eigenvalue weighted by atomic mass is 10.1. The van der Waals surface area contributed by atoms with Crippen molar-refractivity contribution in [1.29, 1.82) is 5.26 Å². The van der Waals surface area contributed by atoms with Gasteiger partial charge in [0.15, 0.2) is 0 Å². The van der Waals surface area contributed by atoms with Crippen molar-refractivity contribution in [3.05, 3.63) is 62.1 Å². The summed E-state index contributed by atoms with van der Waals surface area (Å²) in [5.41, 5.74) is 0.793. The average Bonchev–Trinajstić information content (AvgIpc) is 2.42. The van der Waals surface area contributed by atoms with Crippen molar-refractivity contribution in [2.75, 3.05) is 5.32 Å². The first-order chi connectivity index (χ1) is 9.51. The highest BCUT2D eigenvalue weighted by molar-refractivity contribution is 6.35. The maximum absolute atomic E-state index is 10.7. The molecule has 20 heavy (non-hydrogen) atoms. The first-order valence-electron chi connectivity index (χ1n) is 5.42. The Hall–Kier alpha value is -2.29. The monoisotopic (exact) mass is 307 g/mol. The van der Waals surface area contributed by atoms with Crippen molar-refractivity contribution in [2.24, 2.45) is 0 Å². The number of hydrogen-bond donors (Lipinski definition) is 1. The van der Waals surface area contributed by atoms with Crippen LogP contribution in [-0.4, -0.2) is 4.92 Å². The number of nitrogens with zero attached hydrogens (tertiary/aromatic N) is 2. The third-order valence-electron chi connectivity index (χ3n) is 2.52. The van der Waals surface area contributed by atoms with Crippen LogP contribution in [0.2, 0.25) is 10.0 Å². The van der Waals surface area contributed by atoms with Gasteiger partial charge in [0.2, 0.25) is 0 Å². The quantitative estimate of drug-likeness (QED) is 0.668. The van der Waals surface area contributed by atoms with Gasteiger partial charge in [-0.05, 0) is 30.3 Å². The highest BCUT2D eigenvalue weighted by Gasteiger charge is 2.14. The zero-order chi connectivity index (χ0) is 14.7. The van der Waals surface area contributed by atoms with Gasteiger partial charge in [0, 0.05) is 16.8 Å². The summed E-state index contributed by atoms with van der Waals surface area (Å²) in [5, 5.41) is 23.6. The summed E-state index contributed by atoms with van der Waals surface area (Å²) in [5.74, 6) is 0. The number of hydrogen-bond acceptors (Lipinski definition) is 4. The zero-order valence-corrected chi connectivity index (χ0v) is 11.4. The van der Waals surface area contributed by atoms with E-state index in [9.17, 15) is 10.1 Å². The smallest absolute Gasteiger partial charge is 0.287 e. The normalized spacial score (nSPS) is 9.85. The fourth-order valence-electron chi connectivity index (χ4n) is 1.61. The Morgan fingerprint density at radius 2 is 1.95 bits per heavy atom. The van der Waals surface area contributed by atoms with E-state index >= 15 is 0 Å². The molecule has 2 aromatic carbocycles. The summed E-state index contributed by atoms with van der Waals surface area (Å²) >= 11 is 11.9. The largest absolute Gasteiger partial charge is 0.354 e. The molecule has 0 aliphatic heterocycles. The molecule has 0 bridgehead atoms. The van der Waals surface area contributed by atoms with Gasteiger partial charge < -0.3 is 5.32 Å². The van der Waals surface area contributed by atoms with Crippen molar-refractivity contribution in [3.8, 4) is 6.07 Å². The second kappa shape index (κ2) is 5.78. The fourth-order valence-corrected chi connectivity index (χ4v) is 1.95. The number of benzene rings is 2. The third kappa shape index (κ3) is 2.99. The van der Waals surface area contributed by atoms with Crippen molar-refractivity contribution >= 4 is 40.3 Å². The van der Waals surface area contributed by atoms with E-state index in [0.29, 0.717) is 21.4 Å². The molecule has 2 rings (SSSR count). The van der Waals surface area contributed by atoms with Crippen molar-refractivity contribution < 1.29 is 4.92 Å². The lowest BCUT2D eigenvalue weighted by Gasteiger charge is -2.09. The Labute approximate surface area is 124 Å². The van der Waals surface area contributed by atoms with Crippen LogP contribution in [0.3, 0.4) is 0 Å². The molecule has 7 heteroatoms. The standard InChI is InChI=1S/C13H7Cl2N3O2/c14-9-1-3-11(15)12(6-9)17-10-2-4-13(18(19)20)8(5-10)7-16/h1-6,17H. The summed E-state index contributed by atoms with van der Waals surface area (Å²) in [6, 6.07) is 10.8. The van der Waals surface area contributed by atoms with Gasteiger partial charge >= 0.3 is 0 Å². The van der Waals surface area contributed by atoms with Crippen LogP contribution in [0.15, 0.2) is 36.4 Å². The SMILES string of the molecule is N#Cc1cc(Nc2cc(Cl)ccc2Cl)ccc1[N+](=O)[O-]. The molecular weight excluding hydrogens is 301 g/mol. The Kier molecular flexibility index (Phi) is 4.08. The lowest BCUT2D eigenvalue weighted by molar-refractivity contribution is -0.385. The average molecular weight is 308 g/mol. The molecule has 0 aliphatic carbocycles. The van der Waals surface area contributed by atoms with Crippen molar-refractivity contribution in [1.82, 2.24) is 0 Å². The van der Waals surface area contributed by atoms with Crippen LogP contribution >= 0.6 is 23.2 Å². The molecule has 0 radical (unpaired) electrons. The molecule has 0 aromatic heterocycles. The van der Waals surface area contributed by atoms with Crippen molar-refractivity contribution in [3.63, 3.8) is 0 Å². The van der Waals surface area contributed by atoms with E-state index in [1.807, 2.05) is 0 Å². The molecule has 100 valence electrons. The number of nitro benzene ring substituents is 1. The Morgan fingerprint density at radius 1 is 1.20 bits per heavy atom. The Balaban J connectivity index is 2.38. The molecular formula is C13H7Cl2N3O2. The van der Waals surface area contributed by atoms with E-state index in [2.05, 4.69) is 5.32 Å². The lowest BCUT2D eigenvalue weighted by Crippen LogP contribution is -1.96. The summed E-state index contributed by atoms with van der Waals surface area (Å²) < 4.78 is 0. The first-order valence-corrected chi connectivity index (χ1v) is 6.17. The molecule has 0 heterocycles. The molecule has 0 saturated heterocycles. The first kappa shape index (κ1) is 14.1. The maximum atomic E-state index is 10.7. The van der Waals surface area contributed by atoms with E-state index in [0.717, 1.165) is 0 Å². The summed E-state index contributed by atoms with van der Waals surface area (Å²) in [4.78, 5) is 10.1. The van der Waals surface area contributed by atoms with E-state index in [-0.39, 0.29) is 11.3 Å². The van der Waals surface area contributed by atoms with Gasteiger partial charge in [-0.1, -0.05) is 23.2 Å². The third-order valence-corrected chi connectivity index (χ3v) is 3.09. The van der Waals surface area contributed by atoms with E-state index in [1.165, 1.54) is 18.2 Å². The minimum atomic E-state index is -0.602. The number of halogens is 2. The predicted octanol–water partition coefficient (Wildman–Crippen LogP) is 4.52. The van der Waals surface area contributed by atoms with Gasteiger partial charge in [0.05, 0.1) is 15.6 Å². The molecule has 0 unspecified atom stereocenters. The van der Waals surface area contributed by atoms with Crippen LogP contribution in [0.4, 0.5) is 17.1 Å². The van der Waals surface area contributed by atoms with Crippen LogP contribution in [-0.2, 0) is 0 Å². The molecule has 0 fully saturated rings. The molecule has 2 aromatic rings. The zero-order valence-electron chi connectivity index (χ0n) is 9.93. The topological polar surface area (TPSA) is 79.0 Å². The second-order valence-corrected chi connectivity index (χ2v) is 4.69. The van der Waals surface area contributed by atoms with Crippen LogP contribution in [0.25, 0.3) is 0 Å². The Morgan fingerprint density at radius 3 is 2.60 bits per heavy atom. The molecule has 0 atom stereocenters. The van der Waals surface area contributed by atoms with Gasteiger partial charge in [0.1, 0.15) is 11.6 Å². The molecule has 0 saturated carbocycles. The van der Waals surface area contributed by atoms with E-state index in [4.69, 9.17) is 28.5 Å². The molecule has 0 aliphatic rings. The molecule has 5 nitrogen and oxygen atoms in total. The Bertz CT molecular complexity index is 726. The maximum Gasteiger partial charge on any atom is 0.287 e. The number of nitriles is 1. The van der Waals surface area contributed by atoms with Gasteiger partial charge in [0.25, 0.3) is 5.69 Å². The van der Waals surface area contributed by atoms with Crippen LogP contribution < -0.4 is 5.32 Å². The van der Waals surface area contributed by atoms with Crippen LogP contribution in [0.5, 0.6) is 0 Å². The van der Waals surface area contributed by atoms with Gasteiger partial charge in [-0.3, -0.25) is 10.1 Å². The molecule has 1 N–H and O–H groups in total. The summed E-state index contributed by atoms with van der Waals surface area (Å²) in [6.07, 6.45) is 0. The molecule has 0 amide bonds.